The van der Waals surface area contributed by atoms with Gasteiger partial charge in [-0.15, -0.1) is 0 Å². The topological polar surface area (TPSA) is 63.2 Å². The number of carbonyl (C=O) groups is 1. The first kappa shape index (κ1) is 18.3. The molecule has 6 nitrogen and oxygen atoms in total. The highest BCUT2D eigenvalue weighted by molar-refractivity contribution is 6.45. The Morgan fingerprint density at radius 2 is 1.92 bits per heavy atom. The van der Waals surface area contributed by atoms with Crippen LogP contribution in [0.15, 0.2) is 53.7 Å². The minimum Gasteiger partial charge on any atom is -0.489 e. The number of benzene rings is 2. The van der Waals surface area contributed by atoms with Gasteiger partial charge in [0.1, 0.15) is 19.5 Å². The number of carbonyl (C=O) groups excluding carboxylic acids is 1. The van der Waals surface area contributed by atoms with Crippen LogP contribution in [0.25, 0.3) is 0 Å². The molecule has 0 atom stereocenters. The van der Waals surface area contributed by atoms with Crippen molar-refractivity contribution >= 4 is 17.3 Å². The molecule has 0 fully saturated rings. The number of nitrogens with one attached hydrogen (secondary N) is 1. The van der Waals surface area contributed by atoms with Crippen molar-refractivity contribution in [1.82, 2.24) is 5.32 Å². The van der Waals surface area contributed by atoms with Crippen LogP contribution >= 0.6 is 0 Å². The molecule has 132 valence electrons. The number of amides is 1. The summed E-state index contributed by atoms with van der Waals surface area (Å²) in [6, 6.07) is 15.3. The number of rotatable bonds is 7. The Labute approximate surface area is 148 Å². The lowest BCUT2D eigenvalue weighted by molar-refractivity contribution is -0.114. The van der Waals surface area contributed by atoms with Gasteiger partial charge in [0.15, 0.2) is 5.71 Å². The molecule has 6 heteroatoms. The van der Waals surface area contributed by atoms with Gasteiger partial charge in [0.05, 0.1) is 0 Å². The van der Waals surface area contributed by atoms with E-state index in [0.717, 1.165) is 17.0 Å². The predicted molar refractivity (Wildman–Crippen MR) is 99.2 cm³/mol. The third-order valence-electron chi connectivity index (χ3n) is 3.63. The number of oxime groups is 1. The summed E-state index contributed by atoms with van der Waals surface area (Å²) in [4.78, 5) is 18.9. The van der Waals surface area contributed by atoms with Crippen molar-refractivity contribution < 1.29 is 14.4 Å². The number of nitrogens with zero attached hydrogens (tertiary/aromatic N) is 2. The largest absolute Gasteiger partial charge is 0.489 e. The van der Waals surface area contributed by atoms with E-state index in [9.17, 15) is 4.79 Å². The summed E-state index contributed by atoms with van der Waals surface area (Å²) < 4.78 is 5.91. The molecule has 25 heavy (non-hydrogen) atoms. The highest BCUT2D eigenvalue weighted by Crippen LogP contribution is 2.21. The first-order valence-corrected chi connectivity index (χ1v) is 7.88. The monoisotopic (exact) mass is 341 g/mol. The second kappa shape index (κ2) is 8.73. The highest BCUT2D eigenvalue weighted by Gasteiger charge is 2.17. The van der Waals surface area contributed by atoms with E-state index in [-0.39, 0.29) is 11.6 Å². The maximum atomic E-state index is 12.1. The van der Waals surface area contributed by atoms with Gasteiger partial charge in [0, 0.05) is 38.5 Å². The zero-order valence-corrected chi connectivity index (χ0v) is 14.9. The fourth-order valence-electron chi connectivity index (χ4n) is 2.31. The fourth-order valence-corrected chi connectivity index (χ4v) is 2.31. The van der Waals surface area contributed by atoms with Crippen LogP contribution in [0.3, 0.4) is 0 Å². The van der Waals surface area contributed by atoms with Gasteiger partial charge in [-0.2, -0.15) is 0 Å². The maximum Gasteiger partial charge on any atom is 0.273 e. The summed E-state index contributed by atoms with van der Waals surface area (Å²) in [7, 11) is 6.92. The molecule has 0 heterocycles. The highest BCUT2D eigenvalue weighted by atomic mass is 16.6. The lowest BCUT2D eigenvalue weighted by Crippen LogP contribution is -2.29. The smallest absolute Gasteiger partial charge is 0.273 e. The molecule has 1 N–H and O–H groups in total. The van der Waals surface area contributed by atoms with Gasteiger partial charge in [-0.05, 0) is 17.7 Å². The summed E-state index contributed by atoms with van der Waals surface area (Å²) >= 11 is 0. The van der Waals surface area contributed by atoms with Gasteiger partial charge in [-0.1, -0.05) is 35.5 Å². The van der Waals surface area contributed by atoms with Crippen molar-refractivity contribution in [2.75, 3.05) is 33.2 Å². The van der Waals surface area contributed by atoms with E-state index in [4.69, 9.17) is 9.57 Å². The summed E-state index contributed by atoms with van der Waals surface area (Å²) in [6.45, 7) is 0.312. The van der Waals surface area contributed by atoms with Crippen LogP contribution in [0.1, 0.15) is 11.1 Å². The second-order valence-corrected chi connectivity index (χ2v) is 5.54. The molecular formula is C19H23N3O3. The SMILES string of the molecule is CNC(=O)C(=NOC)c1ccccc1COc1cccc(N(C)C)c1. The minimum atomic E-state index is -0.316. The van der Waals surface area contributed by atoms with Crippen molar-refractivity contribution in [3.8, 4) is 5.75 Å². The van der Waals surface area contributed by atoms with Gasteiger partial charge in [0.2, 0.25) is 0 Å². The Bertz CT molecular complexity index is 757. The number of likely N-dealkylation sites (N-methyl/N-ethyl adjacent to an activating group) is 1. The average Bonchev–Trinajstić information content (AvgIpc) is 2.64. The fraction of sp³-hybridized carbons (Fsp3) is 0.263. The van der Waals surface area contributed by atoms with Gasteiger partial charge in [0.25, 0.3) is 5.91 Å². The van der Waals surface area contributed by atoms with E-state index in [0.29, 0.717) is 12.2 Å². The third-order valence-corrected chi connectivity index (χ3v) is 3.63. The molecule has 2 aromatic carbocycles. The van der Waals surface area contributed by atoms with Crippen LogP contribution in [0.5, 0.6) is 5.75 Å². The first-order valence-electron chi connectivity index (χ1n) is 7.88. The molecule has 0 spiro atoms. The van der Waals surface area contributed by atoms with E-state index < -0.39 is 0 Å². The van der Waals surface area contributed by atoms with E-state index in [2.05, 4.69) is 10.5 Å². The van der Waals surface area contributed by atoms with Crippen LogP contribution < -0.4 is 15.0 Å². The number of hydrogen-bond donors (Lipinski definition) is 1. The third kappa shape index (κ3) is 4.73. The van der Waals surface area contributed by atoms with E-state index in [1.54, 1.807) is 7.05 Å². The quantitative estimate of drug-likeness (QED) is 0.621. The van der Waals surface area contributed by atoms with Crippen LogP contribution in [-0.4, -0.2) is 39.9 Å². The molecule has 0 aliphatic rings. The summed E-state index contributed by atoms with van der Waals surface area (Å²) in [5.74, 6) is 0.440. The molecule has 0 aromatic heterocycles. The summed E-state index contributed by atoms with van der Waals surface area (Å²) in [5.41, 5.74) is 2.79. The predicted octanol–water partition coefficient (Wildman–Crippen LogP) is 2.43. The Morgan fingerprint density at radius 3 is 2.60 bits per heavy atom. The lowest BCUT2D eigenvalue weighted by atomic mass is 10.0. The molecule has 0 bridgehead atoms. The summed E-state index contributed by atoms with van der Waals surface area (Å²) in [6.07, 6.45) is 0. The molecule has 1 amide bonds. The van der Waals surface area contributed by atoms with E-state index in [1.807, 2.05) is 67.5 Å². The molecule has 0 aliphatic heterocycles. The van der Waals surface area contributed by atoms with Crippen LogP contribution in [0.4, 0.5) is 5.69 Å². The van der Waals surface area contributed by atoms with Crippen LogP contribution in [0, 0.1) is 0 Å². The van der Waals surface area contributed by atoms with E-state index in [1.165, 1.54) is 7.11 Å². The molecular weight excluding hydrogens is 318 g/mol. The molecule has 0 radical (unpaired) electrons. The normalized spacial score (nSPS) is 11.0. The first-order chi connectivity index (χ1) is 12.1. The van der Waals surface area contributed by atoms with Crippen molar-refractivity contribution in [2.24, 2.45) is 5.16 Å². The standard InChI is InChI=1S/C19H23N3O3/c1-20-19(23)18(21-24-4)17-11-6-5-8-14(17)13-25-16-10-7-9-15(12-16)22(2)3/h5-12H,13H2,1-4H3,(H,20,23). The van der Waals surface area contributed by atoms with Crippen LogP contribution in [-0.2, 0) is 16.2 Å². The Balaban J connectivity index is 2.25. The summed E-state index contributed by atoms with van der Waals surface area (Å²) in [5, 5.41) is 6.43. The van der Waals surface area contributed by atoms with Gasteiger partial charge in [-0.25, -0.2) is 0 Å². The zero-order valence-electron chi connectivity index (χ0n) is 14.9. The average molecular weight is 341 g/mol. The second-order valence-electron chi connectivity index (χ2n) is 5.54. The molecule has 2 rings (SSSR count). The number of hydrogen-bond acceptors (Lipinski definition) is 5. The van der Waals surface area contributed by atoms with Gasteiger partial charge in [-0.3, -0.25) is 4.79 Å². The lowest BCUT2D eigenvalue weighted by Gasteiger charge is -2.15. The van der Waals surface area contributed by atoms with Gasteiger partial charge < -0.3 is 19.8 Å². The van der Waals surface area contributed by atoms with Crippen LogP contribution in [0.2, 0.25) is 0 Å². The Morgan fingerprint density at radius 1 is 1.16 bits per heavy atom. The van der Waals surface area contributed by atoms with Crippen molar-refractivity contribution in [2.45, 2.75) is 6.61 Å². The molecule has 0 saturated heterocycles. The molecule has 0 saturated carbocycles. The van der Waals surface area contributed by atoms with Crippen molar-refractivity contribution in [1.29, 1.82) is 0 Å². The van der Waals surface area contributed by atoms with E-state index >= 15 is 0 Å². The number of ether oxygens (including phenoxy) is 1. The minimum absolute atomic E-state index is 0.214. The van der Waals surface area contributed by atoms with Crippen molar-refractivity contribution in [3.05, 3.63) is 59.7 Å². The Kier molecular flexibility index (Phi) is 6.39. The zero-order chi connectivity index (χ0) is 18.2. The molecule has 2 aromatic rings. The maximum absolute atomic E-state index is 12.1. The Hall–Kier alpha value is -3.02. The molecule has 0 unspecified atom stereocenters. The number of anilines is 1. The molecule has 0 aliphatic carbocycles. The van der Waals surface area contributed by atoms with Gasteiger partial charge >= 0.3 is 0 Å². The van der Waals surface area contributed by atoms with Crippen molar-refractivity contribution in [3.63, 3.8) is 0 Å².